The Kier molecular flexibility index (Phi) is 9.10. The largest absolute Gasteiger partial charge is 0.479 e. The summed E-state index contributed by atoms with van der Waals surface area (Å²) in [6.07, 6.45) is 6.94. The van der Waals surface area contributed by atoms with Crippen molar-refractivity contribution in [2.75, 3.05) is 6.54 Å². The lowest BCUT2D eigenvalue weighted by atomic mass is 10.0. The van der Waals surface area contributed by atoms with Crippen molar-refractivity contribution < 1.29 is 29.0 Å². The number of rotatable bonds is 4. The van der Waals surface area contributed by atoms with Gasteiger partial charge in [0.25, 0.3) is 0 Å². The first-order valence-electron chi connectivity index (χ1n) is 14.9. The molecule has 0 spiro atoms. The summed E-state index contributed by atoms with van der Waals surface area (Å²) in [7, 11) is 0. The minimum atomic E-state index is -1.42. The van der Waals surface area contributed by atoms with Crippen molar-refractivity contribution in [2.24, 2.45) is 5.92 Å². The molecular weight excluding hydrogens is 634 g/mol. The topological polar surface area (TPSA) is 169 Å². The van der Waals surface area contributed by atoms with Crippen LogP contribution in [-0.2, 0) is 19.1 Å². The van der Waals surface area contributed by atoms with Crippen LogP contribution in [0.2, 0.25) is 0 Å². The summed E-state index contributed by atoms with van der Waals surface area (Å²) in [4.78, 5) is 55.8. The number of benzene rings is 1. The zero-order chi connectivity index (χ0) is 31.6. The van der Waals surface area contributed by atoms with Gasteiger partial charge in [-0.1, -0.05) is 40.9 Å². The number of nitrogens with zero attached hydrogens (tertiary/aromatic N) is 5. The molecule has 2 aliphatic heterocycles. The predicted octanol–water partition coefficient (Wildman–Crippen LogP) is 3.62. The third-order valence-corrected chi connectivity index (χ3v) is 8.71. The van der Waals surface area contributed by atoms with Crippen LogP contribution in [0.5, 0.6) is 0 Å². The molecule has 3 aliphatic rings. The zero-order valence-electron chi connectivity index (χ0n) is 25.0. The van der Waals surface area contributed by atoms with Crippen LogP contribution in [-0.4, -0.2) is 83.9 Å². The van der Waals surface area contributed by atoms with Crippen molar-refractivity contribution in [1.29, 1.82) is 0 Å². The first kappa shape index (κ1) is 31.6. The van der Waals surface area contributed by atoms with Gasteiger partial charge in [-0.3, -0.25) is 9.59 Å². The summed E-state index contributed by atoms with van der Waals surface area (Å²) in [5, 5.41) is 28.5. The van der Waals surface area contributed by atoms with Gasteiger partial charge in [0.15, 0.2) is 0 Å². The first-order chi connectivity index (χ1) is 20.9. The molecule has 1 saturated heterocycles. The van der Waals surface area contributed by atoms with Gasteiger partial charge in [0, 0.05) is 28.9 Å². The van der Waals surface area contributed by atoms with Crippen LogP contribution in [0.1, 0.15) is 71.8 Å². The van der Waals surface area contributed by atoms with Gasteiger partial charge in [0.05, 0.1) is 6.04 Å². The SMILES string of the molecule is CC(C)(C)OC(=O)N[C@H]1CCCCC/C=C\[C@@H]2C[C@@]2(C(=O)O)NC(=O)[C@@H]2C[C@@H](n3nnc(-c4ccc(Br)cc4)n3)CN2C1=O. The number of hydrogen-bond acceptors (Lipinski definition) is 8. The highest BCUT2D eigenvalue weighted by molar-refractivity contribution is 9.10. The molecule has 13 nitrogen and oxygen atoms in total. The molecule has 0 radical (unpaired) electrons. The van der Waals surface area contributed by atoms with Gasteiger partial charge >= 0.3 is 12.1 Å². The van der Waals surface area contributed by atoms with Crippen molar-refractivity contribution in [2.45, 2.75) is 95.0 Å². The number of fused-ring (bicyclic) bond motifs is 2. The number of aliphatic carboxylic acids is 1. The molecular formula is C30H38BrN7O6. The summed E-state index contributed by atoms with van der Waals surface area (Å²) in [6, 6.07) is 4.96. The highest BCUT2D eigenvalue weighted by Crippen LogP contribution is 2.45. The number of carboxylic acid groups (broad SMARTS) is 1. The van der Waals surface area contributed by atoms with Gasteiger partial charge in [-0.25, -0.2) is 9.59 Å². The van der Waals surface area contributed by atoms with E-state index in [2.05, 4.69) is 42.0 Å². The average Bonchev–Trinajstić information content (AvgIpc) is 3.26. The number of carbonyl (C=O) groups is 4. The van der Waals surface area contributed by atoms with Crippen molar-refractivity contribution >= 4 is 39.8 Å². The van der Waals surface area contributed by atoms with Gasteiger partial charge in [0.1, 0.15) is 23.2 Å². The lowest BCUT2D eigenvalue weighted by Crippen LogP contribution is -2.56. The van der Waals surface area contributed by atoms with Crippen LogP contribution in [0, 0.1) is 5.92 Å². The van der Waals surface area contributed by atoms with Gasteiger partial charge < -0.3 is 25.4 Å². The Balaban J connectivity index is 1.44. The molecule has 0 bridgehead atoms. The summed E-state index contributed by atoms with van der Waals surface area (Å²) >= 11 is 3.41. The fourth-order valence-corrected chi connectivity index (χ4v) is 6.05. The smallest absolute Gasteiger partial charge is 0.408 e. The second-order valence-electron chi connectivity index (χ2n) is 12.7. The summed E-state index contributed by atoms with van der Waals surface area (Å²) < 4.78 is 6.34. The maximum atomic E-state index is 14.1. The molecule has 1 saturated carbocycles. The van der Waals surface area contributed by atoms with Crippen molar-refractivity contribution in [1.82, 2.24) is 35.7 Å². The van der Waals surface area contributed by atoms with Crippen LogP contribution >= 0.6 is 15.9 Å². The maximum absolute atomic E-state index is 14.1. The van der Waals surface area contributed by atoms with Gasteiger partial charge in [-0.2, -0.15) is 4.80 Å². The number of carboxylic acids is 1. The number of hydrogen-bond donors (Lipinski definition) is 3. The highest BCUT2D eigenvalue weighted by Gasteiger charge is 2.61. The third-order valence-electron chi connectivity index (χ3n) is 8.19. The molecule has 3 amide bonds. The van der Waals surface area contributed by atoms with Gasteiger partial charge in [0.2, 0.25) is 17.6 Å². The van der Waals surface area contributed by atoms with E-state index in [4.69, 9.17) is 4.74 Å². The van der Waals surface area contributed by atoms with Crippen LogP contribution in [0.4, 0.5) is 4.79 Å². The monoisotopic (exact) mass is 671 g/mol. The van der Waals surface area contributed by atoms with E-state index in [0.29, 0.717) is 18.7 Å². The number of alkyl carbamates (subject to hydrolysis) is 1. The summed E-state index contributed by atoms with van der Waals surface area (Å²) in [6.45, 7) is 5.28. The maximum Gasteiger partial charge on any atom is 0.408 e. The van der Waals surface area contributed by atoms with Crippen LogP contribution in [0.15, 0.2) is 40.9 Å². The lowest BCUT2D eigenvalue weighted by Gasteiger charge is -2.30. The molecule has 3 N–H and O–H groups in total. The molecule has 2 fully saturated rings. The Hall–Kier alpha value is -3.81. The van der Waals surface area contributed by atoms with Gasteiger partial charge in [-0.15, -0.1) is 10.2 Å². The van der Waals surface area contributed by atoms with Gasteiger partial charge in [-0.05, 0) is 75.9 Å². The number of carbonyl (C=O) groups excluding carboxylic acids is 3. The Bertz CT molecular complexity index is 1440. The van der Waals surface area contributed by atoms with Crippen LogP contribution in [0.25, 0.3) is 11.4 Å². The third kappa shape index (κ3) is 7.11. The Labute approximate surface area is 263 Å². The Morgan fingerprint density at radius 3 is 2.61 bits per heavy atom. The molecule has 5 rings (SSSR count). The summed E-state index contributed by atoms with van der Waals surface area (Å²) in [5.41, 5.74) is -1.44. The predicted molar refractivity (Wildman–Crippen MR) is 162 cm³/mol. The van der Waals surface area contributed by atoms with E-state index in [9.17, 15) is 24.3 Å². The molecule has 2 aromatic rings. The molecule has 1 aliphatic carbocycles. The standard InChI is InChI=1S/C30H38BrN7O6/c1-29(2,3)44-28(43)32-22-10-8-6-4-5-7-9-19-16-30(19,27(41)42)33-25(39)23-15-21(17-37(23)26(22)40)38-35-24(34-36-38)18-11-13-20(31)14-12-18/h7,9,11-14,19,21-23H,4-6,8,10,15-17H2,1-3H3,(H,32,43)(H,33,39)(H,41,42)/b9-7-/t19-,21-,22+,23+,30-/m1/s1. The van der Waals surface area contributed by atoms with E-state index < -0.39 is 53.1 Å². The number of nitrogens with one attached hydrogen (secondary N) is 2. The second kappa shape index (κ2) is 12.7. The van der Waals surface area contributed by atoms with Crippen LogP contribution in [0.3, 0.4) is 0 Å². The number of amides is 3. The van der Waals surface area contributed by atoms with E-state index in [1.807, 2.05) is 36.4 Å². The molecule has 236 valence electrons. The van der Waals surface area contributed by atoms with E-state index in [1.165, 1.54) is 9.70 Å². The fraction of sp³-hybridized carbons (Fsp3) is 0.567. The number of ether oxygens (including phenoxy) is 1. The van der Waals surface area contributed by atoms with E-state index in [1.54, 1.807) is 20.8 Å². The minimum Gasteiger partial charge on any atom is -0.479 e. The number of aromatic nitrogens is 4. The number of tetrazole rings is 1. The molecule has 44 heavy (non-hydrogen) atoms. The normalized spacial score (nSPS) is 28.5. The van der Waals surface area contributed by atoms with E-state index in [0.717, 1.165) is 29.3 Å². The molecule has 1 aromatic carbocycles. The molecule has 0 unspecified atom stereocenters. The van der Waals surface area contributed by atoms with Crippen molar-refractivity contribution in [3.8, 4) is 11.4 Å². The molecule has 1 aromatic heterocycles. The lowest BCUT2D eigenvalue weighted by molar-refractivity contribution is -0.145. The quantitative estimate of drug-likeness (QED) is 0.411. The van der Waals surface area contributed by atoms with Crippen molar-refractivity contribution in [3.05, 3.63) is 40.9 Å². The fourth-order valence-electron chi connectivity index (χ4n) is 5.79. The second-order valence-corrected chi connectivity index (χ2v) is 13.6. The van der Waals surface area contributed by atoms with Crippen LogP contribution < -0.4 is 10.6 Å². The average molecular weight is 673 g/mol. The zero-order valence-corrected chi connectivity index (χ0v) is 26.6. The highest BCUT2D eigenvalue weighted by atomic mass is 79.9. The summed E-state index contributed by atoms with van der Waals surface area (Å²) in [5.74, 6) is -2.07. The molecule has 5 atom stereocenters. The number of allylic oxidation sites excluding steroid dienone is 1. The molecule has 3 heterocycles. The minimum absolute atomic E-state index is 0.0724. The Morgan fingerprint density at radius 2 is 1.91 bits per heavy atom. The number of halogens is 1. The Morgan fingerprint density at radius 1 is 1.16 bits per heavy atom. The van der Waals surface area contributed by atoms with Crippen molar-refractivity contribution in [3.63, 3.8) is 0 Å². The molecule has 14 heteroatoms. The van der Waals surface area contributed by atoms with E-state index in [-0.39, 0.29) is 25.3 Å². The first-order valence-corrected chi connectivity index (χ1v) is 15.7. The van der Waals surface area contributed by atoms with E-state index >= 15 is 0 Å².